The molecule has 0 aliphatic heterocycles. The van der Waals surface area contributed by atoms with Crippen LogP contribution < -0.4 is 0 Å². The molecule has 0 spiro atoms. The summed E-state index contributed by atoms with van der Waals surface area (Å²) in [4.78, 5) is 0. The summed E-state index contributed by atoms with van der Waals surface area (Å²) in [5.41, 5.74) is 1.26. The predicted octanol–water partition coefficient (Wildman–Crippen LogP) is 2.11. The second kappa shape index (κ2) is 4.24. The van der Waals surface area contributed by atoms with Gasteiger partial charge in [0.15, 0.2) is 0 Å². The molecule has 12 heavy (non-hydrogen) atoms. The van der Waals surface area contributed by atoms with E-state index in [1.165, 1.54) is 10.6 Å². The molecule has 0 aliphatic rings. The molecule has 0 saturated carbocycles. The lowest BCUT2D eigenvalue weighted by molar-refractivity contribution is -0.0681. The summed E-state index contributed by atoms with van der Waals surface area (Å²) < 4.78 is 0. The molecular formula is C10H15NO. The lowest BCUT2D eigenvalue weighted by Crippen LogP contribution is -2.19. The maximum Gasteiger partial charge on any atom is 0.0301 e. The quantitative estimate of drug-likeness (QED) is 0.693. The van der Waals surface area contributed by atoms with Gasteiger partial charge in [-0.05, 0) is 11.5 Å². The summed E-state index contributed by atoms with van der Waals surface area (Å²) in [5, 5.41) is 10.2. The third-order valence-corrected chi connectivity index (χ3v) is 1.91. The summed E-state index contributed by atoms with van der Waals surface area (Å²) in [7, 11) is 1.67. The van der Waals surface area contributed by atoms with Crippen LogP contribution in [-0.2, 0) is 0 Å². The molecular weight excluding hydrogens is 150 g/mol. The Morgan fingerprint density at radius 1 is 1.33 bits per heavy atom. The molecule has 1 aromatic carbocycles. The van der Waals surface area contributed by atoms with Crippen molar-refractivity contribution in [2.75, 3.05) is 13.6 Å². The Balaban J connectivity index is 2.59. The van der Waals surface area contributed by atoms with E-state index in [1.54, 1.807) is 7.05 Å². The molecule has 2 heteroatoms. The Kier molecular flexibility index (Phi) is 3.26. The van der Waals surface area contributed by atoms with Crippen molar-refractivity contribution < 1.29 is 5.21 Å². The lowest BCUT2D eigenvalue weighted by atomic mass is 10.0. The number of hydrogen-bond donors (Lipinski definition) is 1. The maximum atomic E-state index is 9.02. The van der Waals surface area contributed by atoms with Crippen LogP contribution in [0.1, 0.15) is 18.4 Å². The van der Waals surface area contributed by atoms with Gasteiger partial charge in [0, 0.05) is 13.6 Å². The monoisotopic (exact) mass is 165 g/mol. The van der Waals surface area contributed by atoms with Crippen molar-refractivity contribution in [1.82, 2.24) is 5.06 Å². The van der Waals surface area contributed by atoms with Gasteiger partial charge in [-0.2, -0.15) is 5.06 Å². The Bertz CT molecular complexity index is 221. The molecule has 1 unspecified atom stereocenters. The van der Waals surface area contributed by atoms with Gasteiger partial charge in [-0.3, -0.25) is 0 Å². The van der Waals surface area contributed by atoms with Crippen LogP contribution in [0.4, 0.5) is 0 Å². The third kappa shape index (κ3) is 2.64. The molecule has 2 nitrogen and oxygen atoms in total. The van der Waals surface area contributed by atoms with Gasteiger partial charge in [-0.25, -0.2) is 0 Å². The van der Waals surface area contributed by atoms with E-state index < -0.39 is 0 Å². The molecule has 1 rings (SSSR count). The Hall–Kier alpha value is -0.860. The first kappa shape index (κ1) is 9.23. The number of rotatable bonds is 3. The van der Waals surface area contributed by atoms with Crippen molar-refractivity contribution in [3.8, 4) is 0 Å². The van der Waals surface area contributed by atoms with Gasteiger partial charge in [0.2, 0.25) is 0 Å². The van der Waals surface area contributed by atoms with Gasteiger partial charge in [-0.15, -0.1) is 0 Å². The predicted molar refractivity (Wildman–Crippen MR) is 49.3 cm³/mol. The molecule has 1 N–H and O–H groups in total. The van der Waals surface area contributed by atoms with E-state index >= 15 is 0 Å². The second-order valence-corrected chi connectivity index (χ2v) is 3.15. The maximum absolute atomic E-state index is 9.02. The van der Waals surface area contributed by atoms with Gasteiger partial charge in [0.05, 0.1) is 0 Å². The van der Waals surface area contributed by atoms with Crippen LogP contribution in [0.25, 0.3) is 0 Å². The highest BCUT2D eigenvalue weighted by atomic mass is 16.5. The number of hydroxylamine groups is 2. The Labute approximate surface area is 73.4 Å². The summed E-state index contributed by atoms with van der Waals surface area (Å²) in [6.45, 7) is 2.77. The van der Waals surface area contributed by atoms with Gasteiger partial charge < -0.3 is 5.21 Å². The van der Waals surface area contributed by atoms with E-state index in [1.807, 2.05) is 18.2 Å². The van der Waals surface area contributed by atoms with E-state index in [0.717, 1.165) is 0 Å². The van der Waals surface area contributed by atoms with Crippen molar-refractivity contribution in [3.63, 3.8) is 0 Å². The minimum atomic E-state index is 0.376. The van der Waals surface area contributed by atoms with Crippen molar-refractivity contribution in [2.45, 2.75) is 12.8 Å². The molecule has 0 aromatic heterocycles. The van der Waals surface area contributed by atoms with Gasteiger partial charge in [0.1, 0.15) is 0 Å². The molecule has 0 saturated heterocycles. The van der Waals surface area contributed by atoms with Crippen LogP contribution in [0.3, 0.4) is 0 Å². The highest BCUT2D eigenvalue weighted by Crippen LogP contribution is 2.14. The molecule has 1 atom stereocenters. The lowest BCUT2D eigenvalue weighted by Gasteiger charge is -2.15. The summed E-state index contributed by atoms with van der Waals surface area (Å²) >= 11 is 0. The zero-order valence-corrected chi connectivity index (χ0v) is 7.57. The van der Waals surface area contributed by atoms with Crippen molar-refractivity contribution in [1.29, 1.82) is 0 Å². The first-order valence-electron chi connectivity index (χ1n) is 4.15. The normalized spacial score (nSPS) is 13.3. The minimum absolute atomic E-state index is 0.376. The van der Waals surface area contributed by atoms with Crippen LogP contribution in [0, 0.1) is 0 Å². The van der Waals surface area contributed by atoms with Crippen LogP contribution in [0.5, 0.6) is 0 Å². The van der Waals surface area contributed by atoms with Gasteiger partial charge in [-0.1, -0.05) is 37.3 Å². The molecule has 1 aromatic rings. The summed E-state index contributed by atoms with van der Waals surface area (Å²) in [6, 6.07) is 10.2. The molecule has 0 bridgehead atoms. The first-order valence-corrected chi connectivity index (χ1v) is 4.15. The molecule has 0 aliphatic carbocycles. The SMILES string of the molecule is CC(CN(C)O)c1ccccc1. The molecule has 0 heterocycles. The van der Waals surface area contributed by atoms with Crippen LogP contribution >= 0.6 is 0 Å². The van der Waals surface area contributed by atoms with Crippen molar-refractivity contribution in [2.24, 2.45) is 0 Å². The zero-order chi connectivity index (χ0) is 8.97. The standard InChI is InChI=1S/C10H15NO/c1-9(8-11(2)12)10-6-4-3-5-7-10/h3-7,9,12H,8H2,1-2H3. The molecule has 66 valence electrons. The average molecular weight is 165 g/mol. The smallest absolute Gasteiger partial charge is 0.0301 e. The first-order chi connectivity index (χ1) is 5.70. The fourth-order valence-electron chi connectivity index (χ4n) is 1.28. The molecule has 0 amide bonds. The number of nitrogens with zero attached hydrogens (tertiary/aromatic N) is 1. The highest BCUT2D eigenvalue weighted by Gasteiger charge is 2.05. The van der Waals surface area contributed by atoms with Crippen LogP contribution in [0.15, 0.2) is 30.3 Å². The van der Waals surface area contributed by atoms with E-state index in [4.69, 9.17) is 5.21 Å². The number of benzene rings is 1. The van der Waals surface area contributed by atoms with Gasteiger partial charge >= 0.3 is 0 Å². The fourth-order valence-corrected chi connectivity index (χ4v) is 1.28. The van der Waals surface area contributed by atoms with E-state index in [-0.39, 0.29) is 0 Å². The number of hydrogen-bond acceptors (Lipinski definition) is 2. The van der Waals surface area contributed by atoms with E-state index in [0.29, 0.717) is 12.5 Å². The molecule has 0 fully saturated rings. The van der Waals surface area contributed by atoms with Crippen molar-refractivity contribution >= 4 is 0 Å². The van der Waals surface area contributed by atoms with Gasteiger partial charge in [0.25, 0.3) is 0 Å². The average Bonchev–Trinajstić information content (AvgIpc) is 2.05. The fraction of sp³-hybridized carbons (Fsp3) is 0.400. The minimum Gasteiger partial charge on any atom is -0.314 e. The molecule has 0 radical (unpaired) electrons. The van der Waals surface area contributed by atoms with Crippen LogP contribution in [-0.4, -0.2) is 23.9 Å². The number of likely N-dealkylation sites (N-methyl/N-ethyl adjacent to an activating group) is 1. The summed E-state index contributed by atoms with van der Waals surface area (Å²) in [6.07, 6.45) is 0. The largest absolute Gasteiger partial charge is 0.314 e. The Morgan fingerprint density at radius 2 is 1.92 bits per heavy atom. The zero-order valence-electron chi connectivity index (χ0n) is 7.57. The van der Waals surface area contributed by atoms with E-state index in [2.05, 4.69) is 19.1 Å². The second-order valence-electron chi connectivity index (χ2n) is 3.15. The highest BCUT2D eigenvalue weighted by molar-refractivity contribution is 5.18. The van der Waals surface area contributed by atoms with E-state index in [9.17, 15) is 0 Å². The topological polar surface area (TPSA) is 23.5 Å². The Morgan fingerprint density at radius 3 is 2.42 bits per heavy atom. The van der Waals surface area contributed by atoms with Crippen molar-refractivity contribution in [3.05, 3.63) is 35.9 Å². The summed E-state index contributed by atoms with van der Waals surface area (Å²) in [5.74, 6) is 0.376. The third-order valence-electron chi connectivity index (χ3n) is 1.91. The van der Waals surface area contributed by atoms with Crippen LogP contribution in [0.2, 0.25) is 0 Å².